The molecule has 2 heterocycles. The molecule has 6 heteroatoms. The lowest BCUT2D eigenvalue weighted by Crippen LogP contribution is -2.32. The van der Waals surface area contributed by atoms with E-state index < -0.39 is 0 Å². The van der Waals surface area contributed by atoms with Crippen molar-refractivity contribution in [2.75, 3.05) is 6.54 Å². The molecule has 0 bridgehead atoms. The fraction of sp³-hybridized carbons (Fsp3) is 0.250. The van der Waals surface area contributed by atoms with Crippen molar-refractivity contribution in [1.82, 2.24) is 15.5 Å². The quantitative estimate of drug-likeness (QED) is 0.765. The SMILES string of the molecule is O=C1CC(c2nc(-c3ccccc3OCc3ccccc3)no2)CCN1. The number of para-hydroxylation sites is 1. The summed E-state index contributed by atoms with van der Waals surface area (Å²) in [5.41, 5.74) is 1.86. The van der Waals surface area contributed by atoms with Crippen LogP contribution in [-0.4, -0.2) is 22.6 Å². The number of amides is 1. The molecule has 26 heavy (non-hydrogen) atoms. The Hall–Kier alpha value is -3.15. The number of hydrogen-bond donors (Lipinski definition) is 1. The smallest absolute Gasteiger partial charge is 0.230 e. The van der Waals surface area contributed by atoms with Crippen molar-refractivity contribution in [2.24, 2.45) is 0 Å². The van der Waals surface area contributed by atoms with E-state index in [4.69, 9.17) is 9.26 Å². The lowest BCUT2D eigenvalue weighted by atomic mass is 9.98. The first kappa shape index (κ1) is 16.3. The number of piperidine rings is 1. The lowest BCUT2D eigenvalue weighted by Gasteiger charge is -2.18. The first-order valence-electron chi connectivity index (χ1n) is 8.66. The number of aromatic nitrogens is 2. The Morgan fingerprint density at radius 3 is 2.77 bits per heavy atom. The van der Waals surface area contributed by atoms with Gasteiger partial charge in [-0.05, 0) is 24.1 Å². The number of carbonyl (C=O) groups is 1. The van der Waals surface area contributed by atoms with E-state index in [1.807, 2.05) is 54.6 Å². The van der Waals surface area contributed by atoms with Gasteiger partial charge in [0.15, 0.2) is 0 Å². The van der Waals surface area contributed by atoms with Gasteiger partial charge in [-0.2, -0.15) is 4.98 Å². The van der Waals surface area contributed by atoms with Gasteiger partial charge in [0.25, 0.3) is 0 Å². The highest BCUT2D eigenvalue weighted by molar-refractivity contribution is 5.77. The minimum absolute atomic E-state index is 0.0209. The van der Waals surface area contributed by atoms with Crippen molar-refractivity contribution in [3.05, 3.63) is 66.1 Å². The highest BCUT2D eigenvalue weighted by atomic mass is 16.5. The zero-order valence-electron chi connectivity index (χ0n) is 14.2. The lowest BCUT2D eigenvalue weighted by molar-refractivity contribution is -0.122. The summed E-state index contributed by atoms with van der Waals surface area (Å²) in [4.78, 5) is 16.1. The van der Waals surface area contributed by atoms with Gasteiger partial charge in [-0.15, -0.1) is 0 Å². The second kappa shape index (κ2) is 7.39. The van der Waals surface area contributed by atoms with Crippen molar-refractivity contribution in [1.29, 1.82) is 0 Å². The molecule has 4 rings (SSSR count). The van der Waals surface area contributed by atoms with Crippen LogP contribution in [0.25, 0.3) is 11.4 Å². The van der Waals surface area contributed by atoms with Gasteiger partial charge in [0.2, 0.25) is 17.6 Å². The fourth-order valence-corrected chi connectivity index (χ4v) is 3.02. The van der Waals surface area contributed by atoms with E-state index in [1.165, 1.54) is 0 Å². The first-order chi connectivity index (χ1) is 12.8. The Bertz CT molecular complexity index is 892. The van der Waals surface area contributed by atoms with Gasteiger partial charge < -0.3 is 14.6 Å². The molecule has 1 saturated heterocycles. The summed E-state index contributed by atoms with van der Waals surface area (Å²) in [6.45, 7) is 1.10. The maximum Gasteiger partial charge on any atom is 0.230 e. The molecule has 2 aromatic carbocycles. The van der Waals surface area contributed by atoms with Crippen LogP contribution in [-0.2, 0) is 11.4 Å². The van der Waals surface area contributed by atoms with Crippen LogP contribution < -0.4 is 10.1 Å². The highest BCUT2D eigenvalue weighted by Crippen LogP contribution is 2.31. The molecule has 0 aliphatic carbocycles. The van der Waals surface area contributed by atoms with E-state index >= 15 is 0 Å². The maximum atomic E-state index is 11.6. The van der Waals surface area contributed by atoms with Crippen molar-refractivity contribution in [3.63, 3.8) is 0 Å². The number of hydrogen-bond acceptors (Lipinski definition) is 5. The van der Waals surface area contributed by atoms with Gasteiger partial charge in [-0.1, -0.05) is 47.6 Å². The molecular weight excluding hydrogens is 330 g/mol. The Morgan fingerprint density at radius 2 is 1.92 bits per heavy atom. The number of nitrogens with one attached hydrogen (secondary N) is 1. The Morgan fingerprint density at radius 1 is 1.12 bits per heavy atom. The van der Waals surface area contributed by atoms with Crippen LogP contribution in [0.2, 0.25) is 0 Å². The topological polar surface area (TPSA) is 77.2 Å². The summed E-state index contributed by atoms with van der Waals surface area (Å²) in [5.74, 6) is 1.68. The van der Waals surface area contributed by atoms with E-state index in [-0.39, 0.29) is 11.8 Å². The van der Waals surface area contributed by atoms with Crippen LogP contribution >= 0.6 is 0 Å². The predicted octanol–water partition coefficient (Wildman–Crippen LogP) is 3.31. The molecule has 0 spiro atoms. The van der Waals surface area contributed by atoms with Crippen LogP contribution in [0.15, 0.2) is 59.1 Å². The molecule has 132 valence electrons. The largest absolute Gasteiger partial charge is 0.488 e. The van der Waals surface area contributed by atoms with Crippen molar-refractivity contribution in [3.8, 4) is 17.1 Å². The van der Waals surface area contributed by atoms with Crippen LogP contribution in [0.1, 0.15) is 30.2 Å². The zero-order chi connectivity index (χ0) is 17.8. The number of ether oxygens (including phenoxy) is 1. The van der Waals surface area contributed by atoms with Gasteiger partial charge in [-0.25, -0.2) is 0 Å². The van der Waals surface area contributed by atoms with Crippen LogP contribution in [0, 0.1) is 0 Å². The zero-order valence-corrected chi connectivity index (χ0v) is 14.2. The summed E-state index contributed by atoms with van der Waals surface area (Å²) in [7, 11) is 0. The number of carbonyl (C=O) groups excluding carboxylic acids is 1. The van der Waals surface area contributed by atoms with Gasteiger partial charge in [0.1, 0.15) is 12.4 Å². The molecule has 6 nitrogen and oxygen atoms in total. The Kier molecular flexibility index (Phi) is 4.64. The summed E-state index contributed by atoms with van der Waals surface area (Å²) < 4.78 is 11.4. The van der Waals surface area contributed by atoms with Crippen molar-refractivity contribution < 1.29 is 14.1 Å². The normalized spacial score (nSPS) is 16.9. The third-order valence-corrected chi connectivity index (χ3v) is 4.40. The predicted molar refractivity (Wildman–Crippen MR) is 95.5 cm³/mol. The molecule has 3 aromatic rings. The molecule has 1 aromatic heterocycles. The molecule has 1 unspecified atom stereocenters. The van der Waals surface area contributed by atoms with E-state index in [0.717, 1.165) is 17.5 Å². The van der Waals surface area contributed by atoms with Crippen LogP contribution in [0.5, 0.6) is 5.75 Å². The summed E-state index contributed by atoms with van der Waals surface area (Å²) in [5, 5.41) is 6.92. The molecule has 1 fully saturated rings. The summed E-state index contributed by atoms with van der Waals surface area (Å²) in [6, 6.07) is 17.6. The van der Waals surface area contributed by atoms with E-state index in [1.54, 1.807) is 0 Å². The summed E-state index contributed by atoms with van der Waals surface area (Å²) >= 11 is 0. The maximum absolute atomic E-state index is 11.6. The van der Waals surface area contributed by atoms with Gasteiger partial charge in [0, 0.05) is 18.9 Å². The molecule has 0 radical (unpaired) electrons. The molecule has 1 N–H and O–H groups in total. The van der Waals surface area contributed by atoms with Crippen molar-refractivity contribution >= 4 is 5.91 Å². The number of benzene rings is 2. The monoisotopic (exact) mass is 349 g/mol. The van der Waals surface area contributed by atoms with Crippen LogP contribution in [0.4, 0.5) is 0 Å². The second-order valence-electron chi connectivity index (χ2n) is 6.27. The fourth-order valence-electron chi connectivity index (χ4n) is 3.02. The molecule has 0 saturated carbocycles. The number of rotatable bonds is 5. The van der Waals surface area contributed by atoms with E-state index in [2.05, 4.69) is 15.5 Å². The third-order valence-electron chi connectivity index (χ3n) is 4.40. The highest BCUT2D eigenvalue weighted by Gasteiger charge is 2.26. The minimum atomic E-state index is -0.0256. The molecule has 1 amide bonds. The Labute approximate surface area is 151 Å². The molecular formula is C20H19N3O3. The van der Waals surface area contributed by atoms with Crippen molar-refractivity contribution in [2.45, 2.75) is 25.4 Å². The second-order valence-corrected chi connectivity index (χ2v) is 6.27. The van der Waals surface area contributed by atoms with Gasteiger partial charge in [-0.3, -0.25) is 4.79 Å². The average Bonchev–Trinajstić information content (AvgIpc) is 3.17. The average molecular weight is 349 g/mol. The molecule has 1 aliphatic heterocycles. The summed E-state index contributed by atoms with van der Waals surface area (Å²) in [6.07, 6.45) is 1.19. The Balaban J connectivity index is 1.54. The first-order valence-corrected chi connectivity index (χ1v) is 8.66. The molecule has 1 atom stereocenters. The minimum Gasteiger partial charge on any atom is -0.488 e. The number of nitrogens with zero attached hydrogens (tertiary/aromatic N) is 2. The van der Waals surface area contributed by atoms with E-state index in [0.29, 0.717) is 37.0 Å². The van der Waals surface area contributed by atoms with E-state index in [9.17, 15) is 4.79 Å². The van der Waals surface area contributed by atoms with Gasteiger partial charge >= 0.3 is 0 Å². The van der Waals surface area contributed by atoms with Gasteiger partial charge in [0.05, 0.1) is 5.56 Å². The standard InChI is InChI=1S/C20H19N3O3/c24-18-12-15(10-11-21-18)20-22-19(23-26-20)16-8-4-5-9-17(16)25-13-14-6-2-1-3-7-14/h1-9,15H,10-13H2,(H,21,24). The molecule has 1 aliphatic rings. The third kappa shape index (κ3) is 3.59. The van der Waals surface area contributed by atoms with Crippen LogP contribution in [0.3, 0.4) is 0 Å².